The summed E-state index contributed by atoms with van der Waals surface area (Å²) >= 11 is 0. The van der Waals surface area contributed by atoms with Crippen LogP contribution in [0, 0.1) is 0 Å². The van der Waals surface area contributed by atoms with Crippen molar-refractivity contribution in [2.45, 2.75) is 29.5 Å². The predicted octanol–water partition coefficient (Wildman–Crippen LogP) is 3.61. The Balaban J connectivity index is 1.76. The molecule has 1 aliphatic rings. The minimum absolute atomic E-state index is 0.128. The van der Waals surface area contributed by atoms with Gasteiger partial charge in [-0.25, -0.2) is 13.1 Å². The minimum Gasteiger partial charge on any atom is -0.406 e. The van der Waals surface area contributed by atoms with Crippen molar-refractivity contribution in [3.63, 3.8) is 0 Å². The number of sulfonamides is 1. The van der Waals surface area contributed by atoms with Gasteiger partial charge in [-0.15, -0.1) is 13.2 Å². The summed E-state index contributed by atoms with van der Waals surface area (Å²) in [5.74, 6) is -0.475. The van der Waals surface area contributed by atoms with Crippen molar-refractivity contribution in [3.8, 4) is 5.75 Å². The molecule has 0 atom stereocenters. The molecule has 0 saturated carbocycles. The second-order valence-electron chi connectivity index (χ2n) is 6.60. The number of nitrogens with one attached hydrogen (secondary N) is 1. The van der Waals surface area contributed by atoms with Gasteiger partial charge in [-0.05, 0) is 42.7 Å². The maximum atomic E-state index is 12.6. The Labute approximate surface area is 161 Å². The van der Waals surface area contributed by atoms with Crippen molar-refractivity contribution in [1.82, 2.24) is 4.72 Å². The molecular formula is C19H20F3NO4S. The monoisotopic (exact) mass is 415 g/mol. The molecule has 2 aromatic rings. The summed E-state index contributed by atoms with van der Waals surface area (Å²) in [4.78, 5) is -0.128. The Morgan fingerprint density at radius 2 is 1.61 bits per heavy atom. The van der Waals surface area contributed by atoms with Gasteiger partial charge in [0.05, 0.1) is 4.90 Å². The van der Waals surface area contributed by atoms with Gasteiger partial charge in [0, 0.05) is 25.2 Å². The maximum Gasteiger partial charge on any atom is 0.573 e. The lowest BCUT2D eigenvalue weighted by Gasteiger charge is -2.37. The molecule has 3 rings (SSSR count). The molecule has 0 aromatic heterocycles. The molecule has 0 aliphatic carbocycles. The molecule has 1 aliphatic heterocycles. The van der Waals surface area contributed by atoms with Gasteiger partial charge in [-0.2, -0.15) is 0 Å². The third-order valence-electron chi connectivity index (χ3n) is 4.80. The molecule has 0 bridgehead atoms. The highest BCUT2D eigenvalue weighted by Gasteiger charge is 2.36. The summed E-state index contributed by atoms with van der Waals surface area (Å²) in [5.41, 5.74) is 0.626. The maximum absolute atomic E-state index is 12.6. The van der Waals surface area contributed by atoms with E-state index in [2.05, 4.69) is 9.46 Å². The molecule has 0 radical (unpaired) electrons. The van der Waals surface area contributed by atoms with Crippen molar-refractivity contribution in [2.24, 2.45) is 0 Å². The number of halogens is 3. The summed E-state index contributed by atoms with van der Waals surface area (Å²) < 4.78 is 73.8. The molecule has 152 valence electrons. The first kappa shape index (κ1) is 20.6. The topological polar surface area (TPSA) is 64.6 Å². The van der Waals surface area contributed by atoms with Crippen LogP contribution in [0.15, 0.2) is 59.5 Å². The van der Waals surface area contributed by atoms with Crippen molar-refractivity contribution < 1.29 is 31.1 Å². The fourth-order valence-corrected chi connectivity index (χ4v) is 4.39. The number of hydrogen-bond acceptors (Lipinski definition) is 4. The highest BCUT2D eigenvalue weighted by atomic mass is 32.2. The summed E-state index contributed by atoms with van der Waals surface area (Å²) in [6.45, 7) is 1.23. The van der Waals surface area contributed by atoms with Gasteiger partial charge in [0.1, 0.15) is 5.75 Å². The van der Waals surface area contributed by atoms with Crippen LogP contribution in [0.2, 0.25) is 0 Å². The Bertz CT molecular complexity index is 878. The summed E-state index contributed by atoms with van der Waals surface area (Å²) in [6.07, 6.45) is -3.50. The van der Waals surface area contributed by atoms with Crippen LogP contribution in [0.1, 0.15) is 18.4 Å². The first-order valence-electron chi connectivity index (χ1n) is 8.69. The van der Waals surface area contributed by atoms with E-state index in [-0.39, 0.29) is 11.4 Å². The zero-order chi connectivity index (χ0) is 20.3. The largest absolute Gasteiger partial charge is 0.573 e. The number of rotatable bonds is 6. The third-order valence-corrected chi connectivity index (χ3v) is 6.22. The lowest BCUT2D eigenvalue weighted by molar-refractivity contribution is -0.274. The lowest BCUT2D eigenvalue weighted by atomic mass is 9.74. The van der Waals surface area contributed by atoms with Gasteiger partial charge < -0.3 is 9.47 Å². The second kappa shape index (κ2) is 8.10. The van der Waals surface area contributed by atoms with Crippen LogP contribution in [0.4, 0.5) is 13.2 Å². The van der Waals surface area contributed by atoms with Crippen LogP contribution >= 0.6 is 0 Å². The van der Waals surface area contributed by atoms with Crippen LogP contribution in [0.5, 0.6) is 5.75 Å². The van der Waals surface area contributed by atoms with Crippen LogP contribution in [-0.4, -0.2) is 34.5 Å². The molecule has 0 amide bonds. The summed E-state index contributed by atoms with van der Waals surface area (Å²) in [6, 6.07) is 13.7. The van der Waals surface area contributed by atoms with Crippen molar-refractivity contribution in [3.05, 3.63) is 60.2 Å². The van der Waals surface area contributed by atoms with Crippen molar-refractivity contribution >= 4 is 10.0 Å². The minimum atomic E-state index is -4.83. The quantitative estimate of drug-likeness (QED) is 0.783. The Morgan fingerprint density at radius 1 is 1.00 bits per heavy atom. The SMILES string of the molecule is O=S(=O)(NCC1(c2ccccc2)CCOCC1)c1ccc(OC(F)(F)F)cc1. The van der Waals surface area contributed by atoms with E-state index in [0.717, 1.165) is 29.8 Å². The molecular weight excluding hydrogens is 395 g/mol. The molecule has 0 spiro atoms. The average Bonchev–Trinajstić information content (AvgIpc) is 2.67. The Kier molecular flexibility index (Phi) is 5.97. The number of benzene rings is 2. The van der Waals surface area contributed by atoms with Gasteiger partial charge in [0.25, 0.3) is 0 Å². The van der Waals surface area contributed by atoms with E-state index < -0.39 is 27.6 Å². The van der Waals surface area contributed by atoms with Crippen LogP contribution in [-0.2, 0) is 20.2 Å². The molecule has 28 heavy (non-hydrogen) atoms. The van der Waals surface area contributed by atoms with Crippen molar-refractivity contribution in [1.29, 1.82) is 0 Å². The molecule has 1 N–H and O–H groups in total. The van der Waals surface area contributed by atoms with Crippen molar-refractivity contribution in [2.75, 3.05) is 19.8 Å². The van der Waals surface area contributed by atoms with E-state index in [4.69, 9.17) is 4.74 Å². The van der Waals surface area contributed by atoms with E-state index in [0.29, 0.717) is 26.1 Å². The van der Waals surface area contributed by atoms with E-state index >= 15 is 0 Å². The van der Waals surface area contributed by atoms with E-state index in [1.54, 1.807) is 0 Å². The van der Waals surface area contributed by atoms with Crippen LogP contribution in [0.25, 0.3) is 0 Å². The predicted molar refractivity (Wildman–Crippen MR) is 96.5 cm³/mol. The smallest absolute Gasteiger partial charge is 0.406 e. The fraction of sp³-hybridized carbons (Fsp3) is 0.368. The first-order valence-corrected chi connectivity index (χ1v) is 10.2. The standard InChI is InChI=1S/C19H20F3NO4S/c20-19(21,22)27-16-6-8-17(9-7-16)28(24,25)23-14-18(10-12-26-13-11-18)15-4-2-1-3-5-15/h1-9,23H,10-14H2. The highest BCUT2D eigenvalue weighted by molar-refractivity contribution is 7.89. The summed E-state index contributed by atoms with van der Waals surface area (Å²) in [5, 5.41) is 0. The molecule has 2 aromatic carbocycles. The third kappa shape index (κ3) is 5.03. The van der Waals surface area contributed by atoms with Gasteiger partial charge in [0.2, 0.25) is 10.0 Å². The molecule has 9 heteroatoms. The first-order chi connectivity index (χ1) is 13.2. The fourth-order valence-electron chi connectivity index (χ4n) is 3.26. The molecule has 1 heterocycles. The molecule has 1 saturated heterocycles. The van der Waals surface area contributed by atoms with Gasteiger partial charge in [0.15, 0.2) is 0 Å². The van der Waals surface area contributed by atoms with E-state index in [9.17, 15) is 21.6 Å². The molecule has 5 nitrogen and oxygen atoms in total. The second-order valence-corrected chi connectivity index (χ2v) is 8.37. The van der Waals surface area contributed by atoms with Gasteiger partial charge in [-0.3, -0.25) is 0 Å². The molecule has 0 unspecified atom stereocenters. The number of alkyl halides is 3. The highest BCUT2D eigenvalue weighted by Crippen LogP contribution is 2.34. The Morgan fingerprint density at radius 3 is 2.18 bits per heavy atom. The number of hydrogen-bond donors (Lipinski definition) is 1. The number of ether oxygens (including phenoxy) is 2. The van der Waals surface area contributed by atoms with Gasteiger partial charge >= 0.3 is 6.36 Å². The zero-order valence-electron chi connectivity index (χ0n) is 14.9. The zero-order valence-corrected chi connectivity index (χ0v) is 15.7. The lowest BCUT2D eigenvalue weighted by Crippen LogP contribution is -2.44. The van der Waals surface area contributed by atoms with E-state index in [1.807, 2.05) is 30.3 Å². The Hall–Kier alpha value is -2.10. The van der Waals surface area contributed by atoms with Crippen LogP contribution < -0.4 is 9.46 Å². The average molecular weight is 415 g/mol. The normalized spacial score (nSPS) is 17.2. The van der Waals surface area contributed by atoms with Gasteiger partial charge in [-0.1, -0.05) is 30.3 Å². The molecule has 1 fully saturated rings. The van der Waals surface area contributed by atoms with Crippen LogP contribution in [0.3, 0.4) is 0 Å². The van der Waals surface area contributed by atoms with E-state index in [1.165, 1.54) is 0 Å². The summed E-state index contributed by atoms with van der Waals surface area (Å²) in [7, 11) is -3.89.